The van der Waals surface area contributed by atoms with E-state index in [9.17, 15) is 4.79 Å². The van der Waals surface area contributed by atoms with Gasteiger partial charge in [0.2, 0.25) is 5.91 Å². The lowest BCUT2D eigenvalue weighted by Crippen LogP contribution is -2.42. The Morgan fingerprint density at radius 2 is 2.16 bits per heavy atom. The second kappa shape index (κ2) is 6.14. The zero-order valence-corrected chi connectivity index (χ0v) is 12.2. The number of H-pyrrole nitrogens is 1. The highest BCUT2D eigenvalue weighted by atomic mass is 32.1. The normalized spacial score (nSPS) is 16.7. The van der Waals surface area contributed by atoms with Gasteiger partial charge in [0.15, 0.2) is 0 Å². The molecule has 1 aliphatic heterocycles. The monoisotopic (exact) mass is 280 g/mol. The number of amides is 1. The van der Waals surface area contributed by atoms with Crippen molar-refractivity contribution < 1.29 is 4.79 Å². The topological polar surface area (TPSA) is 61.0 Å². The summed E-state index contributed by atoms with van der Waals surface area (Å²) in [6, 6.07) is 3.98. The van der Waals surface area contributed by atoms with Crippen LogP contribution >= 0.6 is 12.2 Å². The van der Waals surface area contributed by atoms with Crippen LogP contribution in [0.2, 0.25) is 0 Å². The van der Waals surface area contributed by atoms with Gasteiger partial charge < -0.3 is 10.2 Å². The van der Waals surface area contributed by atoms with E-state index in [2.05, 4.69) is 20.4 Å². The molecule has 2 N–H and O–H groups in total. The van der Waals surface area contributed by atoms with Gasteiger partial charge in [0.05, 0.1) is 0 Å². The fraction of sp³-hybridized carbons (Fsp3) is 0.615. The van der Waals surface area contributed by atoms with Gasteiger partial charge in [0.1, 0.15) is 10.5 Å². The quantitative estimate of drug-likeness (QED) is 0.830. The molecule has 0 radical (unpaired) electrons. The van der Waals surface area contributed by atoms with E-state index in [1.54, 1.807) is 0 Å². The summed E-state index contributed by atoms with van der Waals surface area (Å²) in [7, 11) is 0. The van der Waals surface area contributed by atoms with Gasteiger partial charge >= 0.3 is 0 Å². The average molecular weight is 280 g/mol. The number of piperidine rings is 1. The van der Waals surface area contributed by atoms with Crippen LogP contribution in [0.25, 0.3) is 0 Å². The first-order valence-electron chi connectivity index (χ1n) is 6.67. The minimum absolute atomic E-state index is 0.126. The third kappa shape index (κ3) is 3.76. The summed E-state index contributed by atoms with van der Waals surface area (Å²) >= 11 is 4.98. The second-order valence-corrected chi connectivity index (χ2v) is 5.64. The predicted molar refractivity (Wildman–Crippen MR) is 77.6 cm³/mol. The van der Waals surface area contributed by atoms with Crippen molar-refractivity contribution in [2.24, 2.45) is 5.92 Å². The maximum Gasteiger partial charge on any atom is 0.223 e. The lowest BCUT2D eigenvalue weighted by atomic mass is 9.95. The number of anilines is 1. The van der Waals surface area contributed by atoms with E-state index in [1.165, 1.54) is 0 Å². The van der Waals surface area contributed by atoms with E-state index in [0.717, 1.165) is 31.7 Å². The molecule has 1 aliphatic rings. The van der Waals surface area contributed by atoms with Crippen LogP contribution in [0.15, 0.2) is 12.1 Å². The highest BCUT2D eigenvalue weighted by Crippen LogP contribution is 2.21. The number of aromatic nitrogens is 2. The number of hydrogen-bond acceptors (Lipinski definition) is 4. The zero-order valence-electron chi connectivity index (χ0n) is 11.3. The van der Waals surface area contributed by atoms with E-state index in [-0.39, 0.29) is 17.9 Å². The van der Waals surface area contributed by atoms with Crippen LogP contribution in [0.3, 0.4) is 0 Å². The van der Waals surface area contributed by atoms with Crippen molar-refractivity contribution >= 4 is 23.9 Å². The number of hydrogen-bond donors (Lipinski definition) is 2. The highest BCUT2D eigenvalue weighted by Gasteiger charge is 2.25. The molecule has 6 heteroatoms. The van der Waals surface area contributed by atoms with Crippen LogP contribution in [0.1, 0.15) is 26.7 Å². The van der Waals surface area contributed by atoms with E-state index in [0.29, 0.717) is 4.64 Å². The van der Waals surface area contributed by atoms with Gasteiger partial charge in [-0.25, -0.2) is 0 Å². The van der Waals surface area contributed by atoms with Crippen molar-refractivity contribution in [1.29, 1.82) is 0 Å². The third-order valence-electron chi connectivity index (χ3n) is 3.29. The smallest absolute Gasteiger partial charge is 0.223 e. The fourth-order valence-corrected chi connectivity index (χ4v) is 2.40. The Kier molecular flexibility index (Phi) is 4.52. The second-order valence-electron chi connectivity index (χ2n) is 5.20. The molecule has 2 heterocycles. The molecule has 1 amide bonds. The Morgan fingerprint density at radius 1 is 1.47 bits per heavy atom. The molecule has 0 bridgehead atoms. The van der Waals surface area contributed by atoms with E-state index in [4.69, 9.17) is 12.2 Å². The van der Waals surface area contributed by atoms with Gasteiger partial charge in [-0.3, -0.25) is 9.89 Å². The van der Waals surface area contributed by atoms with Crippen LogP contribution in [-0.4, -0.2) is 35.2 Å². The Bertz CT molecular complexity index is 471. The van der Waals surface area contributed by atoms with Gasteiger partial charge in [-0.05, 0) is 38.8 Å². The summed E-state index contributed by atoms with van der Waals surface area (Å²) in [4.78, 5) is 14.1. The first-order chi connectivity index (χ1) is 9.06. The number of rotatable bonds is 3. The lowest BCUT2D eigenvalue weighted by Gasteiger charge is -2.32. The molecule has 1 aromatic heterocycles. The largest absolute Gasteiger partial charge is 0.355 e. The van der Waals surface area contributed by atoms with Crippen molar-refractivity contribution in [3.63, 3.8) is 0 Å². The number of nitrogens with zero attached hydrogens (tertiary/aromatic N) is 2. The molecule has 2 rings (SSSR count). The molecule has 0 unspecified atom stereocenters. The molecule has 19 heavy (non-hydrogen) atoms. The van der Waals surface area contributed by atoms with Crippen LogP contribution in [0.4, 0.5) is 5.82 Å². The molecule has 0 spiro atoms. The van der Waals surface area contributed by atoms with Gasteiger partial charge in [0.25, 0.3) is 0 Å². The van der Waals surface area contributed by atoms with Crippen LogP contribution in [-0.2, 0) is 4.79 Å². The third-order valence-corrected chi connectivity index (χ3v) is 3.51. The number of aromatic amines is 1. The summed E-state index contributed by atoms with van der Waals surface area (Å²) in [6.45, 7) is 5.69. The summed E-state index contributed by atoms with van der Waals surface area (Å²) in [5.41, 5.74) is 0. The van der Waals surface area contributed by atoms with Gasteiger partial charge in [-0.15, -0.1) is 0 Å². The SMILES string of the molecule is CC(C)NC(=O)C1CCN(c2ccc(=S)[nH]n2)CC1. The molecule has 0 aliphatic carbocycles. The Hall–Kier alpha value is -1.43. The van der Waals surface area contributed by atoms with E-state index in [1.807, 2.05) is 26.0 Å². The van der Waals surface area contributed by atoms with Crippen LogP contribution in [0.5, 0.6) is 0 Å². The lowest BCUT2D eigenvalue weighted by molar-refractivity contribution is -0.126. The average Bonchev–Trinajstić information content (AvgIpc) is 2.39. The standard InChI is InChI=1S/C13H20N4OS/c1-9(2)14-13(18)10-5-7-17(8-6-10)11-3-4-12(19)16-15-11/h3-4,9-10H,5-8H2,1-2H3,(H,14,18)(H,16,19). The van der Waals surface area contributed by atoms with E-state index >= 15 is 0 Å². The molecule has 0 aromatic carbocycles. The predicted octanol–water partition coefficient (Wildman–Crippen LogP) is 1.88. The van der Waals surface area contributed by atoms with Crippen molar-refractivity contribution in [2.45, 2.75) is 32.7 Å². The first-order valence-corrected chi connectivity index (χ1v) is 7.08. The molecule has 1 saturated heterocycles. The van der Waals surface area contributed by atoms with Crippen molar-refractivity contribution in [3.05, 3.63) is 16.8 Å². The number of nitrogens with one attached hydrogen (secondary N) is 2. The Labute approximate surface area is 118 Å². The molecule has 0 atom stereocenters. The molecule has 0 saturated carbocycles. The van der Waals surface area contributed by atoms with Gasteiger partial charge in [0, 0.05) is 25.0 Å². The fourth-order valence-electron chi connectivity index (χ4n) is 2.29. The Balaban J connectivity index is 1.90. The minimum Gasteiger partial charge on any atom is -0.355 e. The summed E-state index contributed by atoms with van der Waals surface area (Å²) < 4.78 is 0.634. The zero-order chi connectivity index (χ0) is 13.8. The molecule has 104 valence electrons. The van der Waals surface area contributed by atoms with Crippen LogP contribution in [0, 0.1) is 10.6 Å². The minimum atomic E-state index is 0.126. The molecular formula is C13H20N4OS. The number of carbonyl (C=O) groups excluding carboxylic acids is 1. The summed E-state index contributed by atoms with van der Waals surface area (Å²) in [5, 5.41) is 10.00. The molecule has 1 fully saturated rings. The highest BCUT2D eigenvalue weighted by molar-refractivity contribution is 7.71. The van der Waals surface area contributed by atoms with Gasteiger partial charge in [-0.1, -0.05) is 12.2 Å². The van der Waals surface area contributed by atoms with Crippen LogP contribution < -0.4 is 10.2 Å². The number of carbonyl (C=O) groups is 1. The van der Waals surface area contributed by atoms with Crippen molar-refractivity contribution in [3.8, 4) is 0 Å². The van der Waals surface area contributed by atoms with E-state index < -0.39 is 0 Å². The van der Waals surface area contributed by atoms with Gasteiger partial charge in [-0.2, -0.15) is 5.10 Å². The molecule has 5 nitrogen and oxygen atoms in total. The maximum atomic E-state index is 11.9. The maximum absolute atomic E-state index is 11.9. The Morgan fingerprint density at radius 3 is 2.68 bits per heavy atom. The van der Waals surface area contributed by atoms with Crippen molar-refractivity contribution in [1.82, 2.24) is 15.5 Å². The first kappa shape index (κ1) is 14.0. The molecule has 1 aromatic rings. The van der Waals surface area contributed by atoms with Crippen molar-refractivity contribution in [2.75, 3.05) is 18.0 Å². The molecular weight excluding hydrogens is 260 g/mol. The summed E-state index contributed by atoms with van der Waals surface area (Å²) in [6.07, 6.45) is 1.74. The summed E-state index contributed by atoms with van der Waals surface area (Å²) in [5.74, 6) is 1.20.